The average Bonchev–Trinajstić information content (AvgIpc) is 2.87. The van der Waals surface area contributed by atoms with Gasteiger partial charge in [-0.3, -0.25) is 0 Å². The zero-order valence-corrected chi connectivity index (χ0v) is 10.1. The Morgan fingerprint density at radius 2 is 1.94 bits per heavy atom. The van der Waals surface area contributed by atoms with Gasteiger partial charge in [0.15, 0.2) is 0 Å². The summed E-state index contributed by atoms with van der Waals surface area (Å²) in [6.45, 7) is 0.584. The molecule has 0 aliphatic rings. The van der Waals surface area contributed by atoms with E-state index in [4.69, 9.17) is 4.52 Å². The molecule has 0 amide bonds. The summed E-state index contributed by atoms with van der Waals surface area (Å²) in [5.74, 6) is 1.23. The van der Waals surface area contributed by atoms with E-state index < -0.39 is 0 Å². The van der Waals surface area contributed by atoms with E-state index in [0.717, 1.165) is 5.56 Å². The normalized spacial score (nSPS) is 10.9. The monoisotopic (exact) mass is 239 g/mol. The van der Waals surface area contributed by atoms with Gasteiger partial charge in [-0.15, -0.1) is 0 Å². The fourth-order valence-electron chi connectivity index (χ4n) is 1.92. The molecule has 0 bridgehead atoms. The summed E-state index contributed by atoms with van der Waals surface area (Å²) in [5.41, 5.74) is 0.972. The lowest BCUT2D eigenvalue weighted by Gasteiger charge is -1.99. The zero-order valence-electron chi connectivity index (χ0n) is 10.1. The molecule has 0 saturated carbocycles. The van der Waals surface area contributed by atoms with Crippen LogP contribution >= 0.6 is 0 Å². The van der Waals surface area contributed by atoms with Crippen LogP contribution < -0.4 is 5.32 Å². The Morgan fingerprint density at radius 1 is 1.11 bits per heavy atom. The fourth-order valence-corrected chi connectivity index (χ4v) is 1.92. The highest BCUT2D eigenvalue weighted by atomic mass is 16.5. The minimum atomic E-state index is 0.584. The first-order valence-corrected chi connectivity index (χ1v) is 5.83. The Bertz CT molecular complexity index is 675. The van der Waals surface area contributed by atoms with Crippen LogP contribution in [0.4, 0.5) is 0 Å². The molecule has 90 valence electrons. The SMILES string of the molecule is CNCc1nc(-c2ccc3ccccc3c2)no1. The molecule has 3 aromatic rings. The van der Waals surface area contributed by atoms with Gasteiger partial charge in [-0.2, -0.15) is 4.98 Å². The molecule has 0 saturated heterocycles. The van der Waals surface area contributed by atoms with Gasteiger partial charge in [-0.05, 0) is 23.9 Å². The molecule has 1 N–H and O–H groups in total. The topological polar surface area (TPSA) is 51.0 Å². The number of nitrogens with zero attached hydrogens (tertiary/aromatic N) is 2. The second kappa shape index (κ2) is 4.58. The zero-order chi connectivity index (χ0) is 12.4. The maximum absolute atomic E-state index is 5.15. The lowest BCUT2D eigenvalue weighted by atomic mass is 10.1. The number of rotatable bonds is 3. The number of hydrogen-bond donors (Lipinski definition) is 1. The van der Waals surface area contributed by atoms with Gasteiger partial charge >= 0.3 is 0 Å². The molecular weight excluding hydrogens is 226 g/mol. The van der Waals surface area contributed by atoms with E-state index in [1.807, 2.05) is 25.2 Å². The number of aromatic nitrogens is 2. The molecule has 0 radical (unpaired) electrons. The van der Waals surface area contributed by atoms with Crippen LogP contribution in [-0.2, 0) is 6.54 Å². The molecule has 0 unspecified atom stereocenters. The van der Waals surface area contributed by atoms with Gasteiger partial charge in [0.1, 0.15) is 0 Å². The first kappa shape index (κ1) is 10.9. The van der Waals surface area contributed by atoms with Gasteiger partial charge < -0.3 is 9.84 Å². The Morgan fingerprint density at radius 3 is 2.78 bits per heavy atom. The third-order valence-electron chi connectivity index (χ3n) is 2.80. The van der Waals surface area contributed by atoms with E-state index in [0.29, 0.717) is 18.3 Å². The fraction of sp³-hybridized carbons (Fsp3) is 0.143. The molecule has 0 atom stereocenters. The average molecular weight is 239 g/mol. The highest BCUT2D eigenvalue weighted by Gasteiger charge is 2.08. The van der Waals surface area contributed by atoms with Crippen molar-refractivity contribution in [2.24, 2.45) is 0 Å². The molecule has 2 aromatic carbocycles. The standard InChI is InChI=1S/C14H13N3O/c1-15-9-13-16-14(17-18-13)12-7-6-10-4-2-3-5-11(10)8-12/h2-8,15H,9H2,1H3. The Labute approximate surface area is 105 Å². The third-order valence-corrected chi connectivity index (χ3v) is 2.80. The second-order valence-electron chi connectivity index (χ2n) is 4.10. The smallest absolute Gasteiger partial charge is 0.240 e. The molecule has 0 spiro atoms. The Kier molecular flexibility index (Phi) is 2.78. The minimum Gasteiger partial charge on any atom is -0.338 e. The minimum absolute atomic E-state index is 0.584. The van der Waals surface area contributed by atoms with E-state index in [2.05, 4.69) is 39.7 Å². The first-order chi connectivity index (χ1) is 8.86. The third kappa shape index (κ3) is 1.98. The van der Waals surface area contributed by atoms with Crippen LogP contribution in [0.15, 0.2) is 47.0 Å². The van der Waals surface area contributed by atoms with Crippen molar-refractivity contribution < 1.29 is 4.52 Å². The molecule has 1 aromatic heterocycles. The van der Waals surface area contributed by atoms with Crippen molar-refractivity contribution in [3.63, 3.8) is 0 Å². The van der Waals surface area contributed by atoms with Gasteiger partial charge in [-0.1, -0.05) is 41.6 Å². The second-order valence-corrected chi connectivity index (χ2v) is 4.10. The molecule has 4 nitrogen and oxygen atoms in total. The van der Waals surface area contributed by atoms with Crippen molar-refractivity contribution in [2.45, 2.75) is 6.54 Å². The molecule has 1 heterocycles. The van der Waals surface area contributed by atoms with Crippen molar-refractivity contribution >= 4 is 10.8 Å². The highest BCUT2D eigenvalue weighted by Crippen LogP contribution is 2.22. The van der Waals surface area contributed by atoms with Gasteiger partial charge in [-0.25, -0.2) is 0 Å². The van der Waals surface area contributed by atoms with Crippen molar-refractivity contribution in [1.82, 2.24) is 15.5 Å². The number of nitrogens with one attached hydrogen (secondary N) is 1. The number of benzene rings is 2. The summed E-state index contributed by atoms with van der Waals surface area (Å²) in [4.78, 5) is 4.34. The molecule has 3 rings (SSSR count). The summed E-state index contributed by atoms with van der Waals surface area (Å²) in [7, 11) is 1.85. The van der Waals surface area contributed by atoms with E-state index in [1.54, 1.807) is 0 Å². The van der Waals surface area contributed by atoms with Crippen LogP contribution in [0.3, 0.4) is 0 Å². The lowest BCUT2D eigenvalue weighted by molar-refractivity contribution is 0.372. The van der Waals surface area contributed by atoms with E-state index in [1.165, 1.54) is 10.8 Å². The largest absolute Gasteiger partial charge is 0.338 e. The predicted molar refractivity (Wildman–Crippen MR) is 70.0 cm³/mol. The summed E-state index contributed by atoms with van der Waals surface area (Å²) in [6, 6.07) is 14.4. The predicted octanol–water partition coefficient (Wildman–Crippen LogP) is 2.61. The number of hydrogen-bond acceptors (Lipinski definition) is 4. The molecule has 4 heteroatoms. The molecule has 0 aliphatic heterocycles. The lowest BCUT2D eigenvalue weighted by Crippen LogP contribution is -2.04. The summed E-state index contributed by atoms with van der Waals surface area (Å²) in [5, 5.41) is 9.35. The Balaban J connectivity index is 2.02. The van der Waals surface area contributed by atoms with Crippen LogP contribution in [0, 0.1) is 0 Å². The van der Waals surface area contributed by atoms with E-state index >= 15 is 0 Å². The van der Waals surface area contributed by atoms with Gasteiger partial charge in [0, 0.05) is 5.56 Å². The maximum atomic E-state index is 5.15. The highest BCUT2D eigenvalue weighted by molar-refractivity contribution is 5.86. The summed E-state index contributed by atoms with van der Waals surface area (Å²) in [6.07, 6.45) is 0. The maximum Gasteiger partial charge on any atom is 0.240 e. The Hall–Kier alpha value is -2.20. The summed E-state index contributed by atoms with van der Waals surface area (Å²) < 4.78 is 5.15. The van der Waals surface area contributed by atoms with Gasteiger partial charge in [0.25, 0.3) is 0 Å². The first-order valence-electron chi connectivity index (χ1n) is 5.83. The van der Waals surface area contributed by atoms with E-state index in [9.17, 15) is 0 Å². The number of fused-ring (bicyclic) bond motifs is 1. The van der Waals surface area contributed by atoms with Crippen molar-refractivity contribution in [2.75, 3.05) is 7.05 Å². The van der Waals surface area contributed by atoms with Crippen LogP contribution in [0.25, 0.3) is 22.2 Å². The summed E-state index contributed by atoms with van der Waals surface area (Å²) >= 11 is 0. The molecule has 18 heavy (non-hydrogen) atoms. The molecule has 0 aliphatic carbocycles. The molecule has 0 fully saturated rings. The van der Waals surface area contributed by atoms with Gasteiger partial charge in [0.2, 0.25) is 11.7 Å². The van der Waals surface area contributed by atoms with Crippen molar-refractivity contribution in [1.29, 1.82) is 0 Å². The van der Waals surface area contributed by atoms with Crippen molar-refractivity contribution in [3.8, 4) is 11.4 Å². The molecular formula is C14H13N3O. The van der Waals surface area contributed by atoms with Crippen LogP contribution in [0.5, 0.6) is 0 Å². The van der Waals surface area contributed by atoms with Crippen LogP contribution in [0.2, 0.25) is 0 Å². The quantitative estimate of drug-likeness (QED) is 0.763. The van der Waals surface area contributed by atoms with Crippen molar-refractivity contribution in [3.05, 3.63) is 48.4 Å². The van der Waals surface area contributed by atoms with E-state index in [-0.39, 0.29) is 0 Å². The van der Waals surface area contributed by atoms with Crippen LogP contribution in [-0.4, -0.2) is 17.2 Å². The van der Waals surface area contributed by atoms with Gasteiger partial charge in [0.05, 0.1) is 6.54 Å². The van der Waals surface area contributed by atoms with Crippen LogP contribution in [0.1, 0.15) is 5.89 Å².